The van der Waals surface area contributed by atoms with Crippen LogP contribution in [0.5, 0.6) is 0 Å². The molecule has 2 aromatic carbocycles. The first-order chi connectivity index (χ1) is 16.5. The molecule has 10 heteroatoms. The van der Waals surface area contributed by atoms with Gasteiger partial charge in [0.2, 0.25) is 5.91 Å². The van der Waals surface area contributed by atoms with Crippen LogP contribution in [0, 0.1) is 24.4 Å². The minimum atomic E-state index is -4.56. The van der Waals surface area contributed by atoms with Crippen molar-refractivity contribution in [1.82, 2.24) is 15.6 Å². The summed E-state index contributed by atoms with van der Waals surface area (Å²) < 4.78 is 80.3. The van der Waals surface area contributed by atoms with Gasteiger partial charge in [0.25, 0.3) is 0 Å². The molecule has 4 nitrogen and oxygen atoms in total. The van der Waals surface area contributed by atoms with Crippen LogP contribution in [0.1, 0.15) is 46.5 Å². The van der Waals surface area contributed by atoms with Crippen molar-refractivity contribution < 1.29 is 31.1 Å². The summed E-state index contributed by atoms with van der Waals surface area (Å²) in [4.78, 5) is 16.1. The summed E-state index contributed by atoms with van der Waals surface area (Å²) in [6.45, 7) is 1.56. The van der Waals surface area contributed by atoms with Gasteiger partial charge in [0.05, 0.1) is 0 Å². The Morgan fingerprint density at radius 2 is 1.74 bits per heavy atom. The average molecular weight is 495 g/mol. The number of halogens is 6. The molecule has 3 aromatic rings. The normalized spacial score (nSPS) is 13.4. The lowest BCUT2D eigenvalue weighted by molar-refractivity contribution is -0.141. The highest BCUT2D eigenvalue weighted by Crippen LogP contribution is 2.29. The Hall–Kier alpha value is -3.40. The monoisotopic (exact) mass is 495 g/mol. The number of aryl methyl sites for hydroxylation is 2. The van der Waals surface area contributed by atoms with E-state index >= 15 is 0 Å². The van der Waals surface area contributed by atoms with Crippen LogP contribution in [0.4, 0.5) is 26.3 Å². The summed E-state index contributed by atoms with van der Waals surface area (Å²) in [5.74, 6) is -2.75. The number of benzene rings is 2. The molecule has 0 aliphatic heterocycles. The molecule has 0 aliphatic carbocycles. The summed E-state index contributed by atoms with van der Waals surface area (Å²) in [6, 6.07) is 7.51. The number of likely N-dealkylation sites (N-methyl/N-ethyl adjacent to an activating group) is 1. The summed E-state index contributed by atoms with van der Waals surface area (Å²) in [5, 5.41) is 5.49. The lowest BCUT2D eigenvalue weighted by Crippen LogP contribution is -2.38. The highest BCUT2D eigenvalue weighted by Gasteiger charge is 2.32. The lowest BCUT2D eigenvalue weighted by Gasteiger charge is -2.26. The second kappa shape index (κ2) is 10.9. The summed E-state index contributed by atoms with van der Waals surface area (Å²) in [6.07, 6.45) is -2.93. The van der Waals surface area contributed by atoms with Crippen molar-refractivity contribution in [2.24, 2.45) is 0 Å². The van der Waals surface area contributed by atoms with Crippen molar-refractivity contribution in [3.8, 4) is 0 Å². The van der Waals surface area contributed by atoms with Gasteiger partial charge >= 0.3 is 6.18 Å². The molecule has 1 amide bonds. The van der Waals surface area contributed by atoms with E-state index in [0.717, 1.165) is 24.4 Å². The molecule has 1 aromatic heterocycles. The van der Waals surface area contributed by atoms with Crippen LogP contribution in [-0.4, -0.2) is 17.9 Å². The standard InChI is InChI=1S/C25H23F6N3O/c1-14-11-16(5-8-19(14)27)21(9-3-15-4-10-22(33-13-15)25(29,30)31)34-23(24(35)32-2)18-7-6-17(26)12-20(18)28/h4-8,10-13,21,23,34H,3,9H2,1-2H3,(H,32,35)/t21-,23+/m1/s1. The van der Waals surface area contributed by atoms with Crippen molar-refractivity contribution in [2.75, 3.05) is 7.05 Å². The molecule has 2 atom stereocenters. The number of alkyl halides is 3. The van der Waals surface area contributed by atoms with Crippen molar-refractivity contribution in [1.29, 1.82) is 0 Å². The third-order valence-corrected chi connectivity index (χ3v) is 5.57. The van der Waals surface area contributed by atoms with E-state index < -0.39 is 47.3 Å². The Morgan fingerprint density at radius 1 is 1.00 bits per heavy atom. The van der Waals surface area contributed by atoms with Gasteiger partial charge in [0.15, 0.2) is 0 Å². The number of carbonyl (C=O) groups excluding carboxylic acids is 1. The Bertz CT molecular complexity index is 1180. The molecular weight excluding hydrogens is 472 g/mol. The van der Waals surface area contributed by atoms with Crippen LogP contribution in [0.2, 0.25) is 0 Å². The SMILES string of the molecule is CNC(=O)[C@@H](N[C@H](CCc1ccc(C(F)(F)F)nc1)c1ccc(F)c(C)c1)c1ccc(F)cc1F. The highest BCUT2D eigenvalue weighted by molar-refractivity contribution is 5.83. The first kappa shape index (κ1) is 26.2. The number of nitrogens with one attached hydrogen (secondary N) is 2. The third kappa shape index (κ3) is 6.60. The second-order valence-corrected chi connectivity index (χ2v) is 8.03. The van der Waals surface area contributed by atoms with E-state index in [-0.39, 0.29) is 18.4 Å². The molecule has 0 fully saturated rings. The fourth-order valence-electron chi connectivity index (χ4n) is 3.67. The van der Waals surface area contributed by atoms with Crippen LogP contribution in [0.15, 0.2) is 54.7 Å². The van der Waals surface area contributed by atoms with E-state index in [1.165, 1.54) is 25.2 Å². The molecule has 0 saturated carbocycles. The van der Waals surface area contributed by atoms with Crippen LogP contribution in [-0.2, 0) is 17.4 Å². The number of aromatic nitrogens is 1. The van der Waals surface area contributed by atoms with Gasteiger partial charge < -0.3 is 5.32 Å². The van der Waals surface area contributed by atoms with Gasteiger partial charge in [-0.05, 0) is 54.7 Å². The van der Waals surface area contributed by atoms with Crippen molar-refractivity contribution in [3.63, 3.8) is 0 Å². The molecule has 0 radical (unpaired) electrons. The van der Waals surface area contributed by atoms with E-state index in [9.17, 15) is 31.1 Å². The van der Waals surface area contributed by atoms with Gasteiger partial charge in [-0.25, -0.2) is 13.2 Å². The fourth-order valence-corrected chi connectivity index (χ4v) is 3.67. The largest absolute Gasteiger partial charge is 0.433 e. The quantitative estimate of drug-likeness (QED) is 0.402. The molecular formula is C25H23F6N3O. The molecule has 0 spiro atoms. The Morgan fingerprint density at radius 3 is 2.31 bits per heavy atom. The minimum Gasteiger partial charge on any atom is -0.358 e. The number of hydrogen-bond acceptors (Lipinski definition) is 3. The maximum absolute atomic E-state index is 14.5. The molecule has 0 unspecified atom stereocenters. The molecule has 35 heavy (non-hydrogen) atoms. The van der Waals surface area contributed by atoms with Crippen molar-refractivity contribution >= 4 is 5.91 Å². The van der Waals surface area contributed by atoms with Crippen molar-refractivity contribution in [2.45, 2.75) is 38.0 Å². The van der Waals surface area contributed by atoms with Gasteiger partial charge in [0.1, 0.15) is 29.2 Å². The molecule has 0 aliphatic rings. The maximum Gasteiger partial charge on any atom is 0.433 e. The van der Waals surface area contributed by atoms with Crippen molar-refractivity contribution in [3.05, 3.63) is 100 Å². The van der Waals surface area contributed by atoms with Crippen LogP contribution in [0.3, 0.4) is 0 Å². The zero-order chi connectivity index (χ0) is 25.8. The molecule has 0 saturated heterocycles. The predicted molar refractivity (Wildman–Crippen MR) is 118 cm³/mol. The first-order valence-corrected chi connectivity index (χ1v) is 10.7. The van der Waals surface area contributed by atoms with Gasteiger partial charge in [-0.1, -0.05) is 24.3 Å². The van der Waals surface area contributed by atoms with E-state index in [2.05, 4.69) is 15.6 Å². The number of hydrogen-bond donors (Lipinski definition) is 2. The van der Waals surface area contributed by atoms with E-state index in [4.69, 9.17) is 0 Å². The molecule has 3 rings (SSSR count). The van der Waals surface area contributed by atoms with Crippen LogP contribution >= 0.6 is 0 Å². The second-order valence-electron chi connectivity index (χ2n) is 8.03. The van der Waals surface area contributed by atoms with Crippen LogP contribution in [0.25, 0.3) is 0 Å². The van der Waals surface area contributed by atoms with Gasteiger partial charge in [-0.15, -0.1) is 0 Å². The van der Waals surface area contributed by atoms with E-state index in [0.29, 0.717) is 22.8 Å². The van der Waals surface area contributed by atoms with E-state index in [1.807, 2.05) is 0 Å². The Kier molecular flexibility index (Phi) is 8.16. The number of rotatable bonds is 8. The zero-order valence-corrected chi connectivity index (χ0v) is 18.9. The van der Waals surface area contributed by atoms with Gasteiger partial charge in [0, 0.05) is 30.9 Å². The predicted octanol–water partition coefficient (Wildman–Crippen LogP) is 5.58. The summed E-state index contributed by atoms with van der Waals surface area (Å²) >= 11 is 0. The number of carbonyl (C=O) groups is 1. The topological polar surface area (TPSA) is 54.0 Å². The lowest BCUT2D eigenvalue weighted by atomic mass is 9.95. The average Bonchev–Trinajstić information content (AvgIpc) is 2.81. The number of nitrogens with zero attached hydrogens (tertiary/aromatic N) is 1. The Balaban J connectivity index is 1.92. The molecule has 2 N–H and O–H groups in total. The first-order valence-electron chi connectivity index (χ1n) is 10.7. The molecule has 186 valence electrons. The highest BCUT2D eigenvalue weighted by atomic mass is 19.4. The maximum atomic E-state index is 14.5. The summed E-state index contributed by atoms with van der Waals surface area (Å²) in [5.41, 5.74) is 0.325. The van der Waals surface area contributed by atoms with E-state index in [1.54, 1.807) is 13.0 Å². The Labute approximate surface area is 198 Å². The number of amides is 1. The summed E-state index contributed by atoms with van der Waals surface area (Å²) in [7, 11) is 1.36. The van der Waals surface area contributed by atoms with Gasteiger partial charge in [-0.2, -0.15) is 13.2 Å². The smallest absolute Gasteiger partial charge is 0.358 e. The molecule has 0 bridgehead atoms. The van der Waals surface area contributed by atoms with Gasteiger partial charge in [-0.3, -0.25) is 15.1 Å². The number of pyridine rings is 1. The zero-order valence-electron chi connectivity index (χ0n) is 18.9. The van der Waals surface area contributed by atoms with Crippen LogP contribution < -0.4 is 10.6 Å². The minimum absolute atomic E-state index is 0.0919. The molecule has 1 heterocycles. The third-order valence-electron chi connectivity index (χ3n) is 5.57. The fraction of sp³-hybridized carbons (Fsp3) is 0.280.